The molecule has 0 atom stereocenters. The van der Waals surface area contributed by atoms with Gasteiger partial charge >= 0.3 is 5.97 Å². The van der Waals surface area contributed by atoms with Gasteiger partial charge in [0.1, 0.15) is 11.4 Å². The molecule has 1 saturated heterocycles. The third kappa shape index (κ3) is 5.03. The summed E-state index contributed by atoms with van der Waals surface area (Å²) in [5, 5.41) is 9.99. The zero-order valence-electron chi connectivity index (χ0n) is 16.1. The summed E-state index contributed by atoms with van der Waals surface area (Å²) in [6, 6.07) is 11.1. The number of aromatic hydroxyl groups is 1. The second kappa shape index (κ2) is 9.38. The van der Waals surface area contributed by atoms with Crippen molar-refractivity contribution < 1.29 is 28.6 Å². The summed E-state index contributed by atoms with van der Waals surface area (Å²) >= 11 is 0. The molecule has 29 heavy (non-hydrogen) atoms. The minimum atomic E-state index is -0.798. The van der Waals surface area contributed by atoms with Gasteiger partial charge < -0.3 is 19.5 Å². The summed E-state index contributed by atoms with van der Waals surface area (Å²) in [4.78, 5) is 28.2. The van der Waals surface area contributed by atoms with Crippen molar-refractivity contribution in [1.29, 1.82) is 0 Å². The van der Waals surface area contributed by atoms with Gasteiger partial charge in [0.2, 0.25) is 0 Å². The van der Waals surface area contributed by atoms with Crippen LogP contribution >= 0.6 is 0 Å². The maximum atomic E-state index is 13.8. The highest BCUT2D eigenvalue weighted by atomic mass is 19.1. The molecule has 0 unspecified atom stereocenters. The fourth-order valence-corrected chi connectivity index (χ4v) is 3.17. The Morgan fingerprint density at radius 3 is 2.48 bits per heavy atom. The van der Waals surface area contributed by atoms with Crippen LogP contribution < -0.4 is 4.74 Å². The van der Waals surface area contributed by atoms with E-state index in [1.807, 2.05) is 0 Å². The van der Waals surface area contributed by atoms with E-state index in [1.54, 1.807) is 29.2 Å². The van der Waals surface area contributed by atoms with Gasteiger partial charge in [-0.3, -0.25) is 9.69 Å². The zero-order chi connectivity index (χ0) is 20.8. The molecule has 1 aliphatic rings. The maximum Gasteiger partial charge on any atom is 0.342 e. The second-order valence-corrected chi connectivity index (χ2v) is 6.68. The second-order valence-electron chi connectivity index (χ2n) is 6.68. The normalized spacial score (nSPS) is 14.5. The van der Waals surface area contributed by atoms with E-state index < -0.39 is 12.6 Å². The maximum absolute atomic E-state index is 13.8. The van der Waals surface area contributed by atoms with Crippen molar-refractivity contribution in [2.24, 2.45) is 0 Å². The molecule has 0 radical (unpaired) electrons. The molecular formula is C21H23FN2O5. The summed E-state index contributed by atoms with van der Waals surface area (Å²) in [5.74, 6) is -1.52. The van der Waals surface area contributed by atoms with Gasteiger partial charge in [-0.2, -0.15) is 0 Å². The summed E-state index contributed by atoms with van der Waals surface area (Å²) in [6.45, 7) is 2.21. The number of hydrogen-bond acceptors (Lipinski definition) is 6. The lowest BCUT2D eigenvalue weighted by Crippen LogP contribution is -2.49. The first-order valence-corrected chi connectivity index (χ1v) is 9.26. The molecule has 3 rings (SSSR count). The number of benzene rings is 2. The van der Waals surface area contributed by atoms with Crippen LogP contribution in [0.15, 0.2) is 42.5 Å². The van der Waals surface area contributed by atoms with E-state index >= 15 is 0 Å². The summed E-state index contributed by atoms with van der Waals surface area (Å²) in [5.41, 5.74) is 0.561. The molecule has 154 valence electrons. The molecule has 0 bridgehead atoms. The van der Waals surface area contributed by atoms with Crippen LogP contribution in [-0.2, 0) is 16.1 Å². The van der Waals surface area contributed by atoms with Gasteiger partial charge in [0.25, 0.3) is 5.91 Å². The molecule has 2 aromatic rings. The van der Waals surface area contributed by atoms with Crippen molar-refractivity contribution in [3.05, 3.63) is 59.4 Å². The predicted molar refractivity (Wildman–Crippen MR) is 103 cm³/mol. The van der Waals surface area contributed by atoms with Gasteiger partial charge in [-0.15, -0.1) is 0 Å². The summed E-state index contributed by atoms with van der Waals surface area (Å²) in [7, 11) is 1.37. The van der Waals surface area contributed by atoms with Crippen LogP contribution in [0, 0.1) is 5.82 Å². The van der Waals surface area contributed by atoms with E-state index in [-0.39, 0.29) is 28.8 Å². The predicted octanol–water partition coefficient (Wildman–Crippen LogP) is 2.04. The fraction of sp³-hybridized carbons (Fsp3) is 0.333. The molecule has 1 aliphatic heterocycles. The van der Waals surface area contributed by atoms with Crippen LogP contribution in [0.1, 0.15) is 15.9 Å². The van der Waals surface area contributed by atoms with Crippen LogP contribution in [0.2, 0.25) is 0 Å². The zero-order valence-corrected chi connectivity index (χ0v) is 16.1. The first-order chi connectivity index (χ1) is 14.0. The van der Waals surface area contributed by atoms with Gasteiger partial charge in [-0.05, 0) is 18.2 Å². The van der Waals surface area contributed by atoms with E-state index in [2.05, 4.69) is 4.90 Å². The summed E-state index contributed by atoms with van der Waals surface area (Å²) < 4.78 is 23.8. The van der Waals surface area contributed by atoms with Crippen molar-refractivity contribution in [3.63, 3.8) is 0 Å². The Bertz CT molecular complexity index is 881. The quantitative estimate of drug-likeness (QED) is 0.745. The SMILES string of the molecule is COc1cccc(C(=O)OCC(=O)N2CCN(Cc3ccccc3F)CC2)c1O. The molecule has 0 spiro atoms. The third-order valence-electron chi connectivity index (χ3n) is 4.84. The number of rotatable bonds is 6. The fourth-order valence-electron chi connectivity index (χ4n) is 3.17. The molecule has 7 nitrogen and oxygen atoms in total. The summed E-state index contributed by atoms with van der Waals surface area (Å²) in [6.07, 6.45) is 0. The van der Waals surface area contributed by atoms with Crippen LogP contribution in [0.5, 0.6) is 11.5 Å². The molecule has 1 amide bonds. The number of carbonyl (C=O) groups is 2. The molecule has 0 aromatic heterocycles. The molecule has 1 N–H and O–H groups in total. The first-order valence-electron chi connectivity index (χ1n) is 9.26. The average molecular weight is 402 g/mol. The van der Waals surface area contributed by atoms with Crippen molar-refractivity contribution in [1.82, 2.24) is 9.80 Å². The monoisotopic (exact) mass is 402 g/mol. The average Bonchev–Trinajstić information content (AvgIpc) is 2.74. The van der Waals surface area contributed by atoms with Crippen molar-refractivity contribution in [2.75, 3.05) is 39.9 Å². The standard InChI is InChI=1S/C21H23FN2O5/c1-28-18-8-4-6-16(20(18)26)21(27)29-14-19(25)24-11-9-23(10-12-24)13-15-5-2-3-7-17(15)22/h2-8,26H,9-14H2,1H3. The topological polar surface area (TPSA) is 79.3 Å². The van der Waals surface area contributed by atoms with E-state index in [0.717, 1.165) is 0 Å². The number of nitrogens with zero attached hydrogens (tertiary/aromatic N) is 2. The van der Waals surface area contributed by atoms with E-state index in [0.29, 0.717) is 38.3 Å². The van der Waals surface area contributed by atoms with Crippen LogP contribution in [0.3, 0.4) is 0 Å². The number of para-hydroxylation sites is 1. The number of ether oxygens (including phenoxy) is 2. The number of piperazine rings is 1. The Morgan fingerprint density at radius 2 is 1.79 bits per heavy atom. The highest BCUT2D eigenvalue weighted by Gasteiger charge is 2.23. The molecule has 8 heteroatoms. The van der Waals surface area contributed by atoms with Gasteiger partial charge in [0.15, 0.2) is 18.1 Å². The van der Waals surface area contributed by atoms with Crippen LogP contribution in [-0.4, -0.2) is 66.7 Å². The Morgan fingerprint density at radius 1 is 1.07 bits per heavy atom. The Balaban J connectivity index is 1.48. The number of halogens is 1. The number of methoxy groups -OCH3 is 1. The van der Waals surface area contributed by atoms with Gasteiger partial charge in [-0.1, -0.05) is 24.3 Å². The minimum Gasteiger partial charge on any atom is -0.504 e. The molecular weight excluding hydrogens is 379 g/mol. The molecule has 2 aromatic carbocycles. The number of carbonyl (C=O) groups excluding carboxylic acids is 2. The molecule has 1 fully saturated rings. The molecule has 0 aliphatic carbocycles. The lowest BCUT2D eigenvalue weighted by atomic mass is 10.2. The number of amides is 1. The number of phenols is 1. The van der Waals surface area contributed by atoms with Gasteiger partial charge in [0.05, 0.1) is 7.11 Å². The Labute approximate surface area is 168 Å². The third-order valence-corrected chi connectivity index (χ3v) is 4.84. The smallest absolute Gasteiger partial charge is 0.342 e. The number of phenolic OH excluding ortho intramolecular Hbond substituents is 1. The van der Waals surface area contributed by atoms with E-state index in [9.17, 15) is 19.1 Å². The lowest BCUT2D eigenvalue weighted by molar-refractivity contribution is -0.136. The first kappa shape index (κ1) is 20.6. The largest absolute Gasteiger partial charge is 0.504 e. The van der Waals surface area contributed by atoms with E-state index in [4.69, 9.17) is 9.47 Å². The number of hydrogen-bond donors (Lipinski definition) is 1. The lowest BCUT2D eigenvalue weighted by Gasteiger charge is -2.34. The van der Waals surface area contributed by atoms with Crippen molar-refractivity contribution in [2.45, 2.75) is 6.54 Å². The highest BCUT2D eigenvalue weighted by Crippen LogP contribution is 2.29. The molecule has 0 saturated carbocycles. The Hall–Kier alpha value is -3.13. The highest BCUT2D eigenvalue weighted by molar-refractivity contribution is 5.94. The molecule has 1 heterocycles. The number of esters is 1. The van der Waals surface area contributed by atoms with Gasteiger partial charge in [-0.25, -0.2) is 9.18 Å². The van der Waals surface area contributed by atoms with Crippen molar-refractivity contribution >= 4 is 11.9 Å². The van der Waals surface area contributed by atoms with Crippen LogP contribution in [0.4, 0.5) is 4.39 Å². The van der Waals surface area contributed by atoms with Crippen LogP contribution in [0.25, 0.3) is 0 Å². The minimum absolute atomic E-state index is 0.0631. The Kier molecular flexibility index (Phi) is 6.66. The van der Waals surface area contributed by atoms with Gasteiger partial charge in [0, 0.05) is 38.3 Å². The van der Waals surface area contributed by atoms with Crippen molar-refractivity contribution in [3.8, 4) is 11.5 Å². The van der Waals surface area contributed by atoms with E-state index in [1.165, 1.54) is 25.3 Å².